The van der Waals surface area contributed by atoms with Crippen LogP contribution in [0.1, 0.15) is 24.8 Å². The normalized spacial score (nSPS) is 29.3. The second-order valence-electron chi connectivity index (χ2n) is 6.04. The maximum Gasteiger partial charge on any atom is 0.311 e. The number of nitro groups is 1. The summed E-state index contributed by atoms with van der Waals surface area (Å²) in [7, 11) is 0. The van der Waals surface area contributed by atoms with Crippen molar-refractivity contribution < 1.29 is 4.92 Å². The van der Waals surface area contributed by atoms with Crippen LogP contribution in [-0.2, 0) is 0 Å². The SMILES string of the molecule is Cc1cnc(N2CC3CCCC(N)C3C2)c([N+](=O)[O-])c1. The van der Waals surface area contributed by atoms with Gasteiger partial charge in [-0.05, 0) is 37.2 Å². The molecule has 0 radical (unpaired) electrons. The molecule has 1 saturated heterocycles. The van der Waals surface area contributed by atoms with E-state index in [9.17, 15) is 10.1 Å². The number of hydrogen-bond donors (Lipinski definition) is 1. The van der Waals surface area contributed by atoms with Gasteiger partial charge in [0.2, 0.25) is 5.82 Å². The average Bonchev–Trinajstić information content (AvgIpc) is 2.84. The van der Waals surface area contributed by atoms with Crippen molar-refractivity contribution in [3.63, 3.8) is 0 Å². The minimum Gasteiger partial charge on any atom is -0.350 e. The zero-order valence-electron chi connectivity index (χ0n) is 11.7. The summed E-state index contributed by atoms with van der Waals surface area (Å²) in [6.45, 7) is 3.46. The fourth-order valence-electron chi connectivity index (χ4n) is 3.61. The molecule has 3 atom stereocenters. The van der Waals surface area contributed by atoms with Gasteiger partial charge in [0.15, 0.2) is 0 Å². The third kappa shape index (κ3) is 2.24. The molecule has 0 spiro atoms. The van der Waals surface area contributed by atoms with E-state index >= 15 is 0 Å². The highest BCUT2D eigenvalue weighted by Crippen LogP contribution is 2.39. The van der Waals surface area contributed by atoms with E-state index < -0.39 is 0 Å². The highest BCUT2D eigenvalue weighted by atomic mass is 16.6. The Morgan fingerprint density at radius 3 is 2.95 bits per heavy atom. The molecule has 108 valence electrons. The van der Waals surface area contributed by atoms with Crippen LogP contribution in [0, 0.1) is 28.9 Å². The van der Waals surface area contributed by atoms with Gasteiger partial charge in [-0.15, -0.1) is 0 Å². The standard InChI is InChI=1S/C14H20N4O2/c1-9-5-13(18(19)20)14(16-6-9)17-7-10-3-2-4-12(15)11(10)8-17/h5-6,10-12H,2-4,7-8,15H2,1H3. The summed E-state index contributed by atoms with van der Waals surface area (Å²) in [5, 5.41) is 11.2. The smallest absolute Gasteiger partial charge is 0.311 e. The summed E-state index contributed by atoms with van der Waals surface area (Å²) in [6.07, 6.45) is 5.11. The number of anilines is 1. The maximum absolute atomic E-state index is 11.2. The Hall–Kier alpha value is -1.69. The Balaban J connectivity index is 1.89. The van der Waals surface area contributed by atoms with Crippen LogP contribution in [0.5, 0.6) is 0 Å². The zero-order valence-corrected chi connectivity index (χ0v) is 11.7. The molecule has 3 unspecified atom stereocenters. The molecule has 0 amide bonds. The molecule has 2 aliphatic rings. The summed E-state index contributed by atoms with van der Waals surface area (Å²) < 4.78 is 0. The van der Waals surface area contributed by atoms with Gasteiger partial charge in [0.05, 0.1) is 4.92 Å². The molecular weight excluding hydrogens is 256 g/mol. The first-order valence-corrected chi connectivity index (χ1v) is 7.18. The van der Waals surface area contributed by atoms with E-state index in [0.29, 0.717) is 17.7 Å². The number of rotatable bonds is 2. The Morgan fingerprint density at radius 1 is 1.45 bits per heavy atom. The van der Waals surface area contributed by atoms with E-state index in [0.717, 1.165) is 25.1 Å². The Labute approximate surface area is 118 Å². The summed E-state index contributed by atoms with van der Waals surface area (Å²) in [6, 6.07) is 1.83. The van der Waals surface area contributed by atoms with Crippen LogP contribution < -0.4 is 10.6 Å². The van der Waals surface area contributed by atoms with Gasteiger partial charge < -0.3 is 10.6 Å². The number of nitrogens with two attached hydrogens (primary N) is 1. The third-order valence-electron chi connectivity index (χ3n) is 4.63. The second-order valence-corrected chi connectivity index (χ2v) is 6.04. The van der Waals surface area contributed by atoms with Crippen LogP contribution in [0.4, 0.5) is 11.5 Å². The minimum absolute atomic E-state index is 0.109. The summed E-state index contributed by atoms with van der Waals surface area (Å²) in [4.78, 5) is 17.2. The lowest BCUT2D eigenvalue weighted by molar-refractivity contribution is -0.384. The summed E-state index contributed by atoms with van der Waals surface area (Å²) in [5.41, 5.74) is 7.12. The summed E-state index contributed by atoms with van der Waals surface area (Å²) >= 11 is 0. The van der Waals surface area contributed by atoms with E-state index in [2.05, 4.69) is 9.88 Å². The van der Waals surface area contributed by atoms with E-state index in [-0.39, 0.29) is 16.7 Å². The van der Waals surface area contributed by atoms with Gasteiger partial charge >= 0.3 is 5.69 Å². The van der Waals surface area contributed by atoms with Gasteiger partial charge in [-0.25, -0.2) is 4.98 Å². The molecule has 0 aromatic carbocycles. The molecule has 3 rings (SSSR count). The van der Waals surface area contributed by atoms with Crippen molar-refractivity contribution in [1.29, 1.82) is 0 Å². The van der Waals surface area contributed by atoms with Crippen molar-refractivity contribution in [2.24, 2.45) is 17.6 Å². The van der Waals surface area contributed by atoms with Gasteiger partial charge in [0.25, 0.3) is 0 Å². The first kappa shape index (κ1) is 13.3. The molecule has 1 aromatic rings. The molecule has 1 aliphatic heterocycles. The molecule has 1 aromatic heterocycles. The minimum atomic E-state index is -0.336. The van der Waals surface area contributed by atoms with Gasteiger partial charge in [0.1, 0.15) is 0 Å². The molecule has 1 saturated carbocycles. The Bertz CT molecular complexity index is 534. The van der Waals surface area contributed by atoms with Crippen molar-refractivity contribution in [2.75, 3.05) is 18.0 Å². The van der Waals surface area contributed by atoms with Crippen molar-refractivity contribution in [3.8, 4) is 0 Å². The van der Waals surface area contributed by atoms with E-state index in [1.807, 2.05) is 6.92 Å². The molecule has 2 fully saturated rings. The molecule has 20 heavy (non-hydrogen) atoms. The van der Waals surface area contributed by atoms with Crippen LogP contribution in [0.2, 0.25) is 0 Å². The van der Waals surface area contributed by atoms with E-state index in [4.69, 9.17) is 5.73 Å². The molecule has 6 nitrogen and oxygen atoms in total. The summed E-state index contributed by atoms with van der Waals surface area (Å²) in [5.74, 6) is 1.51. The van der Waals surface area contributed by atoms with Crippen LogP contribution in [0.15, 0.2) is 12.3 Å². The second kappa shape index (κ2) is 5.01. The number of hydrogen-bond acceptors (Lipinski definition) is 5. The quantitative estimate of drug-likeness (QED) is 0.658. The van der Waals surface area contributed by atoms with Gasteiger partial charge in [-0.3, -0.25) is 10.1 Å². The van der Waals surface area contributed by atoms with Crippen molar-refractivity contribution in [3.05, 3.63) is 27.9 Å². The lowest BCUT2D eigenvalue weighted by Gasteiger charge is -2.29. The fraction of sp³-hybridized carbons (Fsp3) is 0.643. The van der Waals surface area contributed by atoms with Crippen LogP contribution in [0.25, 0.3) is 0 Å². The number of aryl methyl sites for hydroxylation is 1. The lowest BCUT2D eigenvalue weighted by atomic mass is 9.78. The molecule has 0 bridgehead atoms. The molecule has 6 heteroatoms. The zero-order chi connectivity index (χ0) is 14.3. The fourth-order valence-corrected chi connectivity index (χ4v) is 3.61. The Kier molecular flexibility index (Phi) is 3.33. The highest BCUT2D eigenvalue weighted by molar-refractivity contribution is 5.59. The first-order chi connectivity index (χ1) is 9.56. The number of nitrogens with zero attached hydrogens (tertiary/aromatic N) is 3. The Morgan fingerprint density at radius 2 is 2.25 bits per heavy atom. The predicted octanol–water partition coefficient (Wildman–Crippen LogP) is 1.86. The van der Waals surface area contributed by atoms with Crippen LogP contribution in [-0.4, -0.2) is 29.0 Å². The molecule has 2 N–H and O–H groups in total. The van der Waals surface area contributed by atoms with Crippen molar-refractivity contribution >= 4 is 11.5 Å². The molecular formula is C14H20N4O2. The number of aromatic nitrogens is 1. The predicted molar refractivity (Wildman–Crippen MR) is 76.6 cm³/mol. The maximum atomic E-state index is 11.2. The van der Waals surface area contributed by atoms with Gasteiger partial charge in [0, 0.05) is 31.4 Å². The monoisotopic (exact) mass is 276 g/mol. The average molecular weight is 276 g/mol. The third-order valence-corrected chi connectivity index (χ3v) is 4.63. The number of fused-ring (bicyclic) bond motifs is 1. The van der Waals surface area contributed by atoms with Crippen molar-refractivity contribution in [2.45, 2.75) is 32.2 Å². The molecule has 2 heterocycles. The first-order valence-electron chi connectivity index (χ1n) is 7.18. The van der Waals surface area contributed by atoms with Crippen molar-refractivity contribution in [1.82, 2.24) is 4.98 Å². The van der Waals surface area contributed by atoms with Crippen LogP contribution in [0.3, 0.4) is 0 Å². The largest absolute Gasteiger partial charge is 0.350 e. The van der Waals surface area contributed by atoms with E-state index in [1.165, 1.54) is 12.8 Å². The van der Waals surface area contributed by atoms with Gasteiger partial charge in [-0.1, -0.05) is 6.42 Å². The van der Waals surface area contributed by atoms with Crippen LogP contribution >= 0.6 is 0 Å². The lowest BCUT2D eigenvalue weighted by Crippen LogP contribution is -2.38. The number of pyridine rings is 1. The topological polar surface area (TPSA) is 85.3 Å². The highest BCUT2D eigenvalue weighted by Gasteiger charge is 2.40. The van der Waals surface area contributed by atoms with Gasteiger partial charge in [-0.2, -0.15) is 0 Å². The molecule has 1 aliphatic carbocycles. The van der Waals surface area contributed by atoms with E-state index in [1.54, 1.807) is 12.3 Å².